The molecule has 2 N–H and O–H groups in total. The van der Waals surface area contributed by atoms with Gasteiger partial charge in [0.2, 0.25) is 5.89 Å². The molecular formula is C16H20N2O4. The lowest BCUT2D eigenvalue weighted by atomic mass is 9.86. The summed E-state index contributed by atoms with van der Waals surface area (Å²) in [6, 6.07) is 6.14. The first-order valence-electron chi connectivity index (χ1n) is 7.53. The van der Waals surface area contributed by atoms with Crippen LogP contribution in [-0.4, -0.2) is 29.2 Å². The Labute approximate surface area is 128 Å². The molecule has 6 nitrogen and oxygen atoms in total. The third-order valence-corrected chi connectivity index (χ3v) is 4.15. The Bertz CT molecular complexity index is 659. The second-order valence-electron chi connectivity index (χ2n) is 5.75. The number of ether oxygens (including phenoxy) is 1. The van der Waals surface area contributed by atoms with Crippen molar-refractivity contribution in [3.63, 3.8) is 0 Å². The van der Waals surface area contributed by atoms with Crippen molar-refractivity contribution in [2.45, 2.75) is 38.3 Å². The van der Waals surface area contributed by atoms with E-state index in [1.807, 2.05) is 18.2 Å². The predicted molar refractivity (Wildman–Crippen MR) is 81.7 cm³/mol. The summed E-state index contributed by atoms with van der Waals surface area (Å²) in [7, 11) is 1.61. The Hall–Kier alpha value is -2.08. The van der Waals surface area contributed by atoms with Crippen molar-refractivity contribution in [1.29, 1.82) is 0 Å². The Morgan fingerprint density at radius 3 is 2.86 bits per heavy atom. The van der Waals surface area contributed by atoms with E-state index in [9.17, 15) is 4.79 Å². The van der Waals surface area contributed by atoms with Gasteiger partial charge in [-0.15, -0.1) is 0 Å². The van der Waals surface area contributed by atoms with Crippen LogP contribution < -0.4 is 5.32 Å². The first-order valence-corrected chi connectivity index (χ1v) is 7.53. The molecule has 6 heteroatoms. The van der Waals surface area contributed by atoms with E-state index < -0.39 is 5.97 Å². The summed E-state index contributed by atoms with van der Waals surface area (Å²) < 4.78 is 10.6. The number of methoxy groups -OCH3 is 1. The van der Waals surface area contributed by atoms with Gasteiger partial charge >= 0.3 is 5.97 Å². The summed E-state index contributed by atoms with van der Waals surface area (Å²) in [4.78, 5) is 15.4. The summed E-state index contributed by atoms with van der Waals surface area (Å²) >= 11 is 0. The van der Waals surface area contributed by atoms with Gasteiger partial charge in [-0.1, -0.05) is 0 Å². The minimum atomic E-state index is -0.673. The van der Waals surface area contributed by atoms with E-state index in [1.54, 1.807) is 7.11 Å². The van der Waals surface area contributed by atoms with E-state index in [2.05, 4.69) is 10.3 Å². The van der Waals surface area contributed by atoms with E-state index in [4.69, 9.17) is 14.3 Å². The fourth-order valence-corrected chi connectivity index (χ4v) is 2.97. The molecule has 22 heavy (non-hydrogen) atoms. The summed E-state index contributed by atoms with van der Waals surface area (Å²) in [6.07, 6.45) is 3.22. The fourth-order valence-electron chi connectivity index (χ4n) is 2.97. The highest BCUT2D eigenvalue weighted by Crippen LogP contribution is 2.28. The topological polar surface area (TPSA) is 84.6 Å². The van der Waals surface area contributed by atoms with Crippen LogP contribution in [0.1, 0.15) is 31.6 Å². The molecule has 0 atom stereocenters. The lowest BCUT2D eigenvalue weighted by molar-refractivity contribution is -0.142. The second-order valence-corrected chi connectivity index (χ2v) is 5.75. The van der Waals surface area contributed by atoms with Gasteiger partial charge in [0.1, 0.15) is 12.1 Å². The third kappa shape index (κ3) is 3.22. The van der Waals surface area contributed by atoms with Crippen LogP contribution in [0.25, 0.3) is 11.1 Å². The maximum absolute atomic E-state index is 11.0. The molecule has 0 saturated heterocycles. The van der Waals surface area contributed by atoms with Crippen molar-refractivity contribution in [2.24, 2.45) is 5.92 Å². The van der Waals surface area contributed by atoms with Crippen molar-refractivity contribution in [3.8, 4) is 0 Å². The molecule has 0 aliphatic heterocycles. The highest BCUT2D eigenvalue weighted by Gasteiger charge is 2.25. The molecule has 0 amide bonds. The van der Waals surface area contributed by atoms with E-state index >= 15 is 0 Å². The normalized spacial score (nSPS) is 21.9. The molecule has 1 saturated carbocycles. The molecule has 3 rings (SSSR count). The van der Waals surface area contributed by atoms with Crippen molar-refractivity contribution in [2.75, 3.05) is 12.4 Å². The van der Waals surface area contributed by atoms with Gasteiger partial charge in [-0.25, -0.2) is 4.98 Å². The molecule has 1 aromatic carbocycles. The van der Waals surface area contributed by atoms with Crippen LogP contribution in [0.15, 0.2) is 22.6 Å². The summed E-state index contributed by atoms with van der Waals surface area (Å²) in [6.45, 7) is 0.358. The minimum Gasteiger partial charge on any atom is -0.481 e. The van der Waals surface area contributed by atoms with Crippen LogP contribution in [0.5, 0.6) is 0 Å². The Morgan fingerprint density at radius 1 is 1.41 bits per heavy atom. The number of carboxylic acid groups (broad SMARTS) is 1. The quantitative estimate of drug-likeness (QED) is 0.883. The lowest BCUT2D eigenvalue weighted by Gasteiger charge is -2.27. The van der Waals surface area contributed by atoms with Gasteiger partial charge in [0.15, 0.2) is 5.58 Å². The number of carbonyl (C=O) groups is 1. The number of anilines is 1. The van der Waals surface area contributed by atoms with E-state index in [1.165, 1.54) is 0 Å². The molecule has 1 aliphatic rings. The summed E-state index contributed by atoms with van der Waals surface area (Å²) in [5, 5.41) is 12.5. The molecule has 118 valence electrons. The molecule has 0 bridgehead atoms. The van der Waals surface area contributed by atoms with Crippen molar-refractivity contribution in [1.82, 2.24) is 4.98 Å². The number of hydrogen-bond acceptors (Lipinski definition) is 5. The van der Waals surface area contributed by atoms with Gasteiger partial charge in [0, 0.05) is 18.8 Å². The van der Waals surface area contributed by atoms with Crippen LogP contribution in [0.2, 0.25) is 0 Å². The van der Waals surface area contributed by atoms with Crippen LogP contribution in [0, 0.1) is 5.92 Å². The number of nitrogens with one attached hydrogen (secondary N) is 1. The predicted octanol–water partition coefficient (Wildman–Crippen LogP) is 3.03. The first-order chi connectivity index (χ1) is 10.7. The molecule has 1 aliphatic carbocycles. The van der Waals surface area contributed by atoms with Gasteiger partial charge in [-0.2, -0.15) is 0 Å². The largest absolute Gasteiger partial charge is 0.481 e. The number of carboxylic acids is 1. The van der Waals surface area contributed by atoms with Crippen LogP contribution in [-0.2, 0) is 16.1 Å². The minimum absolute atomic E-state index is 0.187. The number of nitrogens with zero attached hydrogens (tertiary/aromatic N) is 1. The highest BCUT2D eigenvalue weighted by atomic mass is 16.5. The summed E-state index contributed by atoms with van der Waals surface area (Å²) in [5.41, 5.74) is 2.53. The van der Waals surface area contributed by atoms with Crippen molar-refractivity contribution >= 4 is 22.8 Å². The molecule has 0 unspecified atom stereocenters. The molecule has 1 aromatic heterocycles. The molecule has 0 radical (unpaired) electrons. The van der Waals surface area contributed by atoms with Gasteiger partial charge in [-0.3, -0.25) is 4.79 Å². The number of hydrogen-bond donors (Lipinski definition) is 2. The van der Waals surface area contributed by atoms with E-state index in [-0.39, 0.29) is 5.92 Å². The Balaban J connectivity index is 1.65. The van der Waals surface area contributed by atoms with Crippen LogP contribution in [0.3, 0.4) is 0 Å². The molecule has 1 fully saturated rings. The monoisotopic (exact) mass is 304 g/mol. The number of rotatable bonds is 5. The smallest absolute Gasteiger partial charge is 0.306 e. The molecule has 0 spiro atoms. The maximum atomic E-state index is 11.0. The maximum Gasteiger partial charge on any atom is 0.306 e. The number of aliphatic carboxylic acids is 1. The second kappa shape index (κ2) is 6.36. The number of benzene rings is 1. The standard InChI is InChI=1S/C16H20N2O4/c1-21-9-15-18-13-8-12(6-7-14(13)22-15)17-11-4-2-10(3-5-11)16(19)20/h6-8,10-11,17H,2-5,9H2,1H3,(H,19,20). The summed E-state index contributed by atoms with van der Waals surface area (Å²) in [5.74, 6) is -0.294. The molecule has 1 heterocycles. The lowest BCUT2D eigenvalue weighted by Crippen LogP contribution is -2.29. The average molecular weight is 304 g/mol. The average Bonchev–Trinajstić information content (AvgIpc) is 2.90. The SMILES string of the molecule is COCc1nc2cc(NC3CCC(C(=O)O)CC3)ccc2o1. The molecular weight excluding hydrogens is 284 g/mol. The third-order valence-electron chi connectivity index (χ3n) is 4.15. The van der Waals surface area contributed by atoms with E-state index in [0.717, 1.165) is 42.5 Å². The number of aromatic nitrogens is 1. The number of fused-ring (bicyclic) bond motifs is 1. The van der Waals surface area contributed by atoms with Gasteiger partial charge in [-0.05, 0) is 43.9 Å². The van der Waals surface area contributed by atoms with Crippen molar-refractivity contribution in [3.05, 3.63) is 24.1 Å². The fraction of sp³-hybridized carbons (Fsp3) is 0.500. The Morgan fingerprint density at radius 2 is 2.18 bits per heavy atom. The zero-order chi connectivity index (χ0) is 15.5. The highest BCUT2D eigenvalue weighted by molar-refractivity contribution is 5.77. The van der Waals surface area contributed by atoms with Crippen LogP contribution in [0.4, 0.5) is 5.69 Å². The molecule has 2 aromatic rings. The Kier molecular flexibility index (Phi) is 4.29. The number of oxazole rings is 1. The van der Waals surface area contributed by atoms with Crippen LogP contribution >= 0.6 is 0 Å². The van der Waals surface area contributed by atoms with Gasteiger partial charge in [0.25, 0.3) is 0 Å². The van der Waals surface area contributed by atoms with Gasteiger partial charge in [0.05, 0.1) is 5.92 Å². The van der Waals surface area contributed by atoms with Gasteiger partial charge < -0.3 is 19.6 Å². The zero-order valence-corrected chi connectivity index (χ0v) is 12.5. The van der Waals surface area contributed by atoms with E-state index in [0.29, 0.717) is 18.5 Å². The zero-order valence-electron chi connectivity index (χ0n) is 12.5. The van der Waals surface area contributed by atoms with Crippen molar-refractivity contribution < 1.29 is 19.1 Å². The first kappa shape index (κ1) is 14.8.